The van der Waals surface area contributed by atoms with Gasteiger partial charge in [0.1, 0.15) is 19.1 Å². The third kappa shape index (κ3) is 8.39. The maximum Gasteiger partial charge on any atom is 0.640 e. The average molecular weight is 430 g/mol. The lowest BCUT2D eigenvalue weighted by Gasteiger charge is -2.28. The number of amides is 1. The Morgan fingerprint density at radius 2 is 1.68 bits per heavy atom. The molecule has 0 aromatic heterocycles. The molecule has 167 valence electrons. The molecule has 3 atom stereocenters. The Kier molecular flexibility index (Phi) is 9.03. The monoisotopic (exact) mass is 429 g/mol. The van der Waals surface area contributed by atoms with Crippen molar-refractivity contribution in [2.45, 2.75) is 58.9 Å². The number of aliphatic hydroxyl groups is 1. The molecule has 0 aliphatic carbocycles. The number of nitrogens with two attached hydrogens (primary N) is 1. The molecule has 0 saturated heterocycles. The minimum atomic E-state index is -0.779. The van der Waals surface area contributed by atoms with Gasteiger partial charge in [0.2, 0.25) is 0 Å². The summed E-state index contributed by atoms with van der Waals surface area (Å²) in [6, 6.07) is 17.7. The van der Waals surface area contributed by atoms with Gasteiger partial charge in [-0.25, -0.2) is 4.79 Å². The summed E-state index contributed by atoms with van der Waals surface area (Å²) in [6.07, 6.45) is -1.39. The number of hydrogen-bond donors (Lipinski definition) is 3. The van der Waals surface area contributed by atoms with E-state index in [4.69, 9.17) is 9.57 Å². The van der Waals surface area contributed by atoms with Gasteiger partial charge in [-0.05, 0) is 23.5 Å². The molecule has 0 bridgehead atoms. The maximum absolute atomic E-state index is 12.4. The van der Waals surface area contributed by atoms with Crippen LogP contribution in [-0.4, -0.2) is 29.3 Å². The third-order valence-electron chi connectivity index (χ3n) is 4.97. The molecule has 0 spiro atoms. The molecule has 2 aromatic rings. The molecule has 0 saturated carbocycles. The first-order valence-electron chi connectivity index (χ1n) is 10.4. The van der Waals surface area contributed by atoms with Gasteiger partial charge in [-0.3, -0.25) is 0 Å². The van der Waals surface area contributed by atoms with Crippen LogP contribution in [0.3, 0.4) is 0 Å². The number of rotatable bonds is 9. The van der Waals surface area contributed by atoms with E-state index >= 15 is 0 Å². The highest BCUT2D eigenvalue weighted by atomic mass is 16.7. The Bertz CT molecular complexity index is 821. The Labute approximate surface area is 183 Å². The third-order valence-corrected chi connectivity index (χ3v) is 4.97. The van der Waals surface area contributed by atoms with E-state index < -0.39 is 24.2 Å². The van der Waals surface area contributed by atoms with Crippen LogP contribution in [-0.2, 0) is 21.0 Å². The predicted molar refractivity (Wildman–Crippen MR) is 117 cm³/mol. The molecule has 0 heterocycles. The van der Waals surface area contributed by atoms with Gasteiger partial charge in [-0.2, -0.15) is 0 Å². The van der Waals surface area contributed by atoms with Gasteiger partial charge >= 0.3 is 12.1 Å². The molecule has 0 fully saturated rings. The zero-order valence-corrected chi connectivity index (χ0v) is 18.6. The molecule has 4 N–H and O–H groups in total. The number of hydrogen-bond acceptors (Lipinski definition) is 5. The van der Waals surface area contributed by atoms with Gasteiger partial charge in [-0.15, -0.1) is 0 Å². The molecule has 2 aromatic carbocycles. The lowest BCUT2D eigenvalue weighted by atomic mass is 9.85. The number of nitrogens with one attached hydrogen (secondary N) is 1. The van der Waals surface area contributed by atoms with Crippen molar-refractivity contribution in [3.8, 4) is 0 Å². The number of benzene rings is 2. The zero-order chi connectivity index (χ0) is 22.9. The fourth-order valence-electron chi connectivity index (χ4n) is 2.91. The molecule has 31 heavy (non-hydrogen) atoms. The van der Waals surface area contributed by atoms with Crippen molar-refractivity contribution < 1.29 is 29.8 Å². The van der Waals surface area contributed by atoms with Crippen LogP contribution in [0.25, 0.3) is 0 Å². The van der Waals surface area contributed by atoms with Crippen molar-refractivity contribution in [1.29, 1.82) is 0 Å². The van der Waals surface area contributed by atoms with E-state index in [1.807, 2.05) is 81.4 Å². The van der Waals surface area contributed by atoms with Crippen LogP contribution in [0, 0.1) is 5.41 Å². The van der Waals surface area contributed by atoms with E-state index in [0.717, 1.165) is 11.1 Å². The van der Waals surface area contributed by atoms with E-state index in [1.54, 1.807) is 6.92 Å². The van der Waals surface area contributed by atoms with Gasteiger partial charge in [0, 0.05) is 0 Å². The average Bonchev–Trinajstić information content (AvgIpc) is 2.75. The van der Waals surface area contributed by atoms with Gasteiger partial charge in [0.15, 0.2) is 6.04 Å². The fraction of sp³-hybridized carbons (Fsp3) is 0.417. The molecule has 1 amide bonds. The van der Waals surface area contributed by atoms with Gasteiger partial charge in [-0.1, -0.05) is 91.8 Å². The molecular formula is C24H33N2O5+2. The summed E-state index contributed by atoms with van der Waals surface area (Å²) in [6.45, 7) is 7.69. The second-order valence-electron chi connectivity index (χ2n) is 8.67. The summed E-state index contributed by atoms with van der Waals surface area (Å²) in [5, 5.41) is 13.2. The second-order valence-corrected chi connectivity index (χ2v) is 8.67. The summed E-state index contributed by atoms with van der Waals surface area (Å²) in [4.78, 5) is 29.9. The number of quaternary nitrogens is 1. The van der Waals surface area contributed by atoms with E-state index in [-0.39, 0.29) is 24.5 Å². The number of hydroxylamine groups is 1. The van der Waals surface area contributed by atoms with Crippen LogP contribution < -0.4 is 10.8 Å². The van der Waals surface area contributed by atoms with Crippen molar-refractivity contribution >= 4 is 12.1 Å². The van der Waals surface area contributed by atoms with Crippen LogP contribution in [0.5, 0.6) is 0 Å². The molecule has 7 nitrogen and oxygen atoms in total. The summed E-state index contributed by atoms with van der Waals surface area (Å²) in [7, 11) is 0. The van der Waals surface area contributed by atoms with Gasteiger partial charge in [0.25, 0.3) is 0 Å². The lowest BCUT2D eigenvalue weighted by Crippen LogP contribution is -2.90. The van der Waals surface area contributed by atoms with E-state index in [9.17, 15) is 14.7 Å². The number of ether oxygens (including phenoxy) is 1. The highest BCUT2D eigenvalue weighted by Gasteiger charge is 2.37. The standard InChI is InChI=1S/C24H32N2O5/c1-17(22(28)19-13-9-6-10-14-19)26-31-21(27)15-20(24(2,3)4)25-23(29)30-16-18-11-7-5-8-12-18/h5-14,17,20,22,26,28H,15-16H2,1-4H3,(H,25,29)/q+1/p+1/t17-,20-,22-/m0/s1. The molecule has 0 unspecified atom stereocenters. The Hall–Kier alpha value is -2.90. The normalized spacial score (nSPS) is 14.2. The van der Waals surface area contributed by atoms with E-state index in [1.165, 1.54) is 5.48 Å². The van der Waals surface area contributed by atoms with Crippen LogP contribution in [0.4, 0.5) is 4.79 Å². The Balaban J connectivity index is 1.84. The molecular weight excluding hydrogens is 396 g/mol. The van der Waals surface area contributed by atoms with E-state index in [2.05, 4.69) is 5.32 Å². The molecule has 2 rings (SSSR count). The minimum Gasteiger partial charge on any atom is -0.445 e. The van der Waals surface area contributed by atoms with Crippen LogP contribution in [0.1, 0.15) is 51.3 Å². The van der Waals surface area contributed by atoms with Crippen molar-refractivity contribution in [2.24, 2.45) is 5.41 Å². The number of carbonyl (C=O) groups is 2. The lowest BCUT2D eigenvalue weighted by molar-refractivity contribution is -0.898. The van der Waals surface area contributed by atoms with Gasteiger partial charge in [0.05, 0.1) is 10.8 Å². The van der Waals surface area contributed by atoms with E-state index in [0.29, 0.717) is 0 Å². The first-order valence-corrected chi connectivity index (χ1v) is 10.4. The summed E-state index contributed by atoms with van der Waals surface area (Å²) < 4.78 is 5.27. The number of aliphatic hydroxyl groups excluding tert-OH is 1. The van der Waals surface area contributed by atoms with Crippen LogP contribution in [0.15, 0.2) is 60.7 Å². The Morgan fingerprint density at radius 3 is 2.26 bits per heavy atom. The van der Waals surface area contributed by atoms with Crippen molar-refractivity contribution in [3.05, 3.63) is 71.8 Å². The first-order chi connectivity index (χ1) is 14.7. The fourth-order valence-corrected chi connectivity index (χ4v) is 2.91. The number of carbonyl (C=O) groups excluding carboxylic acids is 2. The maximum atomic E-state index is 12.4. The summed E-state index contributed by atoms with van der Waals surface area (Å²) in [5.41, 5.74) is 2.58. The highest BCUT2D eigenvalue weighted by Crippen LogP contribution is 2.22. The molecule has 0 aliphatic heterocycles. The first kappa shape index (κ1) is 24.4. The molecule has 1 radical (unpaired) electrons. The SMILES string of the molecule is C[C@H]([NH2+]OC(=[O+])C[C@H](NC(=O)OCc1ccccc1)C(C)(C)C)[C@H](O)c1ccccc1. The van der Waals surface area contributed by atoms with Crippen LogP contribution in [0.2, 0.25) is 0 Å². The molecule has 7 heteroatoms. The highest BCUT2D eigenvalue weighted by molar-refractivity contribution is 5.72. The Morgan fingerprint density at radius 1 is 1.10 bits per heavy atom. The zero-order valence-electron chi connectivity index (χ0n) is 18.6. The van der Waals surface area contributed by atoms with Crippen LogP contribution >= 0.6 is 0 Å². The van der Waals surface area contributed by atoms with Crippen molar-refractivity contribution in [3.63, 3.8) is 0 Å². The second kappa shape index (κ2) is 11.5. The molecule has 0 aliphatic rings. The topological polar surface area (TPSA) is 104 Å². The predicted octanol–water partition coefficient (Wildman–Crippen LogP) is 2.86. The minimum absolute atomic E-state index is 0.0193. The van der Waals surface area contributed by atoms with Crippen molar-refractivity contribution in [2.75, 3.05) is 0 Å². The summed E-state index contributed by atoms with van der Waals surface area (Å²) in [5.74, 6) is -0.490. The number of alkyl carbamates (subject to hydrolysis) is 1. The summed E-state index contributed by atoms with van der Waals surface area (Å²) >= 11 is 0. The van der Waals surface area contributed by atoms with Gasteiger partial charge < -0.3 is 15.2 Å². The quantitative estimate of drug-likeness (QED) is 0.420. The smallest absolute Gasteiger partial charge is 0.445 e. The largest absolute Gasteiger partial charge is 0.640 e. The van der Waals surface area contributed by atoms with Crippen molar-refractivity contribution in [1.82, 2.24) is 5.32 Å².